The Morgan fingerprint density at radius 3 is 2.70 bits per heavy atom. The van der Waals surface area contributed by atoms with Crippen molar-refractivity contribution in [2.75, 3.05) is 49.9 Å². The summed E-state index contributed by atoms with van der Waals surface area (Å²) in [5.41, 5.74) is 2.00. The molecule has 176 valence electrons. The molecular formula is C22H28N6O4S. The highest BCUT2D eigenvalue weighted by Gasteiger charge is 2.58. The number of aromatic nitrogens is 4. The highest BCUT2D eigenvalue weighted by molar-refractivity contribution is 7.92. The van der Waals surface area contributed by atoms with Gasteiger partial charge in [-0.1, -0.05) is 18.7 Å². The van der Waals surface area contributed by atoms with Crippen LogP contribution in [0.25, 0.3) is 12.0 Å². The van der Waals surface area contributed by atoms with Crippen LogP contribution in [0, 0.1) is 6.92 Å². The van der Waals surface area contributed by atoms with E-state index < -0.39 is 14.6 Å². The lowest BCUT2D eigenvalue weighted by Gasteiger charge is -2.41. The van der Waals surface area contributed by atoms with E-state index in [1.165, 1.54) is 6.26 Å². The second-order valence-corrected chi connectivity index (χ2v) is 10.9. The van der Waals surface area contributed by atoms with Crippen molar-refractivity contribution in [2.24, 2.45) is 0 Å². The second-order valence-electron chi connectivity index (χ2n) is 8.61. The molecule has 2 fully saturated rings. The molecule has 5 rings (SSSR count). The van der Waals surface area contributed by atoms with Crippen LogP contribution in [-0.2, 0) is 19.3 Å². The van der Waals surface area contributed by atoms with Crippen LogP contribution in [0.3, 0.4) is 0 Å². The molecule has 1 atom stereocenters. The van der Waals surface area contributed by atoms with Gasteiger partial charge in [0.15, 0.2) is 21.4 Å². The van der Waals surface area contributed by atoms with E-state index in [-0.39, 0.29) is 6.04 Å². The molecule has 0 radical (unpaired) electrons. The largest absolute Gasteiger partial charge is 0.486 e. The van der Waals surface area contributed by atoms with Crippen molar-refractivity contribution in [2.45, 2.75) is 30.6 Å². The van der Waals surface area contributed by atoms with Gasteiger partial charge in [-0.3, -0.25) is 0 Å². The number of nitrogens with zero attached hydrogens (tertiary/aromatic N) is 5. The van der Waals surface area contributed by atoms with Crippen LogP contribution in [-0.4, -0.2) is 73.6 Å². The highest BCUT2D eigenvalue weighted by Crippen LogP contribution is 2.56. The zero-order chi connectivity index (χ0) is 23.4. The lowest BCUT2D eigenvalue weighted by atomic mass is 10.1. The highest BCUT2D eigenvalue weighted by atomic mass is 32.2. The summed E-state index contributed by atoms with van der Waals surface area (Å²) in [7, 11) is -1.65. The predicted molar refractivity (Wildman–Crippen MR) is 126 cm³/mol. The van der Waals surface area contributed by atoms with Crippen molar-refractivity contribution in [3.63, 3.8) is 0 Å². The van der Waals surface area contributed by atoms with Gasteiger partial charge in [-0.25, -0.2) is 23.0 Å². The molecule has 0 aromatic carbocycles. The van der Waals surface area contributed by atoms with Gasteiger partial charge < -0.3 is 19.7 Å². The average Bonchev–Trinajstić information content (AvgIpc) is 3.56. The number of fused-ring (bicyclic) bond motifs is 3. The maximum absolute atomic E-state index is 12.9. The van der Waals surface area contributed by atoms with Gasteiger partial charge in [0.05, 0.1) is 30.6 Å². The van der Waals surface area contributed by atoms with Crippen LogP contribution in [0.5, 0.6) is 5.75 Å². The SMILES string of the molecule is C=C/C=C\c1c(C)nc(NC)n1-c1nc2c(c(C3(S(C)(=O)=O)CC3)n1)OC[C@@H]1COCCN21. The van der Waals surface area contributed by atoms with Gasteiger partial charge in [-0.2, -0.15) is 4.98 Å². The molecule has 3 aliphatic rings. The van der Waals surface area contributed by atoms with Crippen LogP contribution < -0.4 is 15.0 Å². The molecule has 0 spiro atoms. The standard InChI is InChI=1S/C22H28N6O4S/c1-5-6-7-16-14(2)24-20(23-3)28(16)21-25-18(22(8-9-22)33(4,29)30)17-19(26-21)27-10-11-31-12-15(27)13-32-17/h5-7,15H,1,8-13H2,2-4H3,(H,23,24)/b7-6-/t15-/m0/s1. The Labute approximate surface area is 193 Å². The minimum absolute atomic E-state index is 0.0173. The van der Waals surface area contributed by atoms with E-state index in [4.69, 9.17) is 19.4 Å². The summed E-state index contributed by atoms with van der Waals surface area (Å²) in [4.78, 5) is 16.5. The number of ether oxygens (including phenoxy) is 2. The zero-order valence-electron chi connectivity index (χ0n) is 19.0. The maximum Gasteiger partial charge on any atom is 0.239 e. The number of morpholine rings is 1. The lowest BCUT2D eigenvalue weighted by molar-refractivity contribution is 0.0692. The number of rotatable bonds is 6. The number of hydrogen-bond acceptors (Lipinski definition) is 9. The van der Waals surface area contributed by atoms with Crippen LogP contribution >= 0.6 is 0 Å². The second kappa shape index (κ2) is 7.84. The first-order valence-electron chi connectivity index (χ1n) is 11.0. The number of sulfone groups is 1. The molecule has 10 nitrogen and oxygen atoms in total. The quantitative estimate of drug-likeness (QED) is 0.630. The van der Waals surface area contributed by atoms with Gasteiger partial charge in [0.25, 0.3) is 0 Å². The summed E-state index contributed by atoms with van der Waals surface area (Å²) in [6.07, 6.45) is 7.68. The normalized spacial score (nSPS) is 21.3. The van der Waals surface area contributed by atoms with Crippen molar-refractivity contribution in [1.82, 2.24) is 19.5 Å². The van der Waals surface area contributed by atoms with Gasteiger partial charge in [0, 0.05) is 19.8 Å². The Morgan fingerprint density at radius 1 is 1.24 bits per heavy atom. The van der Waals surface area contributed by atoms with Gasteiger partial charge in [-0.05, 0) is 25.8 Å². The zero-order valence-corrected chi connectivity index (χ0v) is 19.9. The van der Waals surface area contributed by atoms with E-state index in [1.54, 1.807) is 13.1 Å². The fourth-order valence-corrected chi connectivity index (χ4v) is 5.91. The molecule has 4 heterocycles. The smallest absolute Gasteiger partial charge is 0.239 e. The Morgan fingerprint density at radius 2 is 2.03 bits per heavy atom. The monoisotopic (exact) mass is 472 g/mol. The number of hydrogen-bond donors (Lipinski definition) is 1. The summed E-state index contributed by atoms with van der Waals surface area (Å²) >= 11 is 0. The molecule has 0 bridgehead atoms. The first kappa shape index (κ1) is 21.9. The van der Waals surface area contributed by atoms with E-state index in [9.17, 15) is 8.42 Å². The fourth-order valence-electron chi connectivity index (χ4n) is 4.58. The molecule has 1 N–H and O–H groups in total. The van der Waals surface area contributed by atoms with Gasteiger partial charge in [0.2, 0.25) is 11.9 Å². The molecular weight excluding hydrogens is 444 g/mol. The summed E-state index contributed by atoms with van der Waals surface area (Å²) in [6, 6.07) is 0.0173. The third-order valence-corrected chi connectivity index (χ3v) is 8.53. The molecule has 11 heteroatoms. The molecule has 1 saturated heterocycles. The average molecular weight is 473 g/mol. The third-order valence-electron chi connectivity index (χ3n) is 6.51. The molecule has 33 heavy (non-hydrogen) atoms. The molecule has 0 unspecified atom stereocenters. The molecule has 2 aromatic heterocycles. The van der Waals surface area contributed by atoms with Crippen molar-refractivity contribution < 1.29 is 17.9 Å². The van der Waals surface area contributed by atoms with E-state index in [0.717, 1.165) is 11.4 Å². The number of aryl methyl sites for hydroxylation is 1. The van der Waals surface area contributed by atoms with Crippen molar-refractivity contribution in [3.05, 3.63) is 35.8 Å². The van der Waals surface area contributed by atoms with Crippen LogP contribution in [0.1, 0.15) is 29.9 Å². The van der Waals surface area contributed by atoms with Gasteiger partial charge in [-0.15, -0.1) is 0 Å². The Hall–Kier alpha value is -2.92. The molecule has 2 aromatic rings. The Balaban J connectivity index is 1.78. The Kier molecular flexibility index (Phi) is 5.20. The number of anilines is 2. The number of nitrogens with one attached hydrogen (secondary N) is 1. The number of imidazole rings is 1. The molecule has 2 aliphatic heterocycles. The van der Waals surface area contributed by atoms with Crippen LogP contribution in [0.15, 0.2) is 18.7 Å². The predicted octanol–water partition coefficient (Wildman–Crippen LogP) is 1.84. The van der Waals surface area contributed by atoms with Crippen LogP contribution in [0.4, 0.5) is 11.8 Å². The fraction of sp³-hybridized carbons (Fsp3) is 0.500. The maximum atomic E-state index is 12.9. The van der Waals surface area contributed by atoms with E-state index in [2.05, 4.69) is 21.8 Å². The lowest BCUT2D eigenvalue weighted by Crippen LogP contribution is -2.52. The summed E-state index contributed by atoms with van der Waals surface area (Å²) in [6.45, 7) is 7.81. The van der Waals surface area contributed by atoms with E-state index in [1.807, 2.05) is 23.6 Å². The van der Waals surface area contributed by atoms with Gasteiger partial charge >= 0.3 is 0 Å². The van der Waals surface area contributed by atoms with Crippen molar-refractivity contribution >= 4 is 27.7 Å². The minimum atomic E-state index is -3.42. The van der Waals surface area contributed by atoms with Crippen molar-refractivity contribution in [1.29, 1.82) is 0 Å². The molecule has 0 amide bonds. The summed E-state index contributed by atoms with van der Waals surface area (Å²) < 4.78 is 38.2. The third kappa shape index (κ3) is 3.41. The first-order chi connectivity index (χ1) is 15.8. The van der Waals surface area contributed by atoms with E-state index in [0.29, 0.717) is 68.4 Å². The molecule has 1 aliphatic carbocycles. The topological polar surface area (TPSA) is 111 Å². The number of allylic oxidation sites excluding steroid dienone is 2. The summed E-state index contributed by atoms with van der Waals surface area (Å²) in [5, 5.41) is 3.10. The Bertz CT molecular complexity index is 1250. The van der Waals surface area contributed by atoms with Crippen molar-refractivity contribution in [3.8, 4) is 11.7 Å². The van der Waals surface area contributed by atoms with Crippen LogP contribution in [0.2, 0.25) is 0 Å². The molecule has 1 saturated carbocycles. The minimum Gasteiger partial charge on any atom is -0.486 e. The summed E-state index contributed by atoms with van der Waals surface area (Å²) in [5.74, 6) is 1.98. The van der Waals surface area contributed by atoms with E-state index >= 15 is 0 Å². The first-order valence-corrected chi connectivity index (χ1v) is 12.9. The van der Waals surface area contributed by atoms with Gasteiger partial charge in [0.1, 0.15) is 17.0 Å².